The number of halogens is 5. The fraction of sp³-hybridized carbons (Fsp3) is 0.222. The van der Waals surface area contributed by atoms with Crippen molar-refractivity contribution < 1.29 is 17.6 Å². The first-order valence-corrected chi connectivity index (χ1v) is 7.97. The number of benzene rings is 1. The molecule has 2 aromatic heterocycles. The van der Waals surface area contributed by atoms with Gasteiger partial charge in [-0.05, 0) is 29.7 Å². The van der Waals surface area contributed by atoms with Crippen LogP contribution in [0.2, 0.25) is 5.15 Å². The molecule has 3 rings (SSSR count). The van der Waals surface area contributed by atoms with E-state index < -0.39 is 17.0 Å². The van der Waals surface area contributed by atoms with Crippen LogP contribution in [0.15, 0.2) is 43.8 Å². The Morgan fingerprint density at radius 2 is 1.85 bits per heavy atom. The lowest BCUT2D eigenvalue weighted by Gasteiger charge is -2.10. The maximum absolute atomic E-state index is 13.8. The third-order valence-corrected chi connectivity index (χ3v) is 3.99. The first-order chi connectivity index (χ1) is 12.2. The number of hydrogen-bond acceptors (Lipinski definition) is 2. The Balaban J connectivity index is 0.00000117. The second-order valence-corrected chi connectivity index (χ2v) is 6.00. The summed E-state index contributed by atoms with van der Waals surface area (Å²) in [7, 11) is 0. The highest BCUT2D eigenvalue weighted by molar-refractivity contribution is 6.30. The number of imidazole rings is 1. The van der Waals surface area contributed by atoms with Gasteiger partial charge in [0.25, 0.3) is 0 Å². The first-order valence-electron chi connectivity index (χ1n) is 7.59. The monoisotopic (exact) mass is 385 g/mol. The van der Waals surface area contributed by atoms with E-state index in [1.165, 1.54) is 24.5 Å². The smallest absolute Gasteiger partial charge is 0.287 e. The first kappa shape index (κ1) is 19.9. The van der Waals surface area contributed by atoms with Crippen LogP contribution in [0.5, 0.6) is 0 Å². The van der Waals surface area contributed by atoms with Crippen LogP contribution < -0.4 is 0 Å². The van der Waals surface area contributed by atoms with Crippen LogP contribution in [-0.4, -0.2) is 14.4 Å². The van der Waals surface area contributed by atoms with Gasteiger partial charge in [0, 0.05) is 11.8 Å². The Morgan fingerprint density at radius 3 is 2.42 bits per heavy atom. The van der Waals surface area contributed by atoms with Gasteiger partial charge in [-0.3, -0.25) is 9.38 Å². The van der Waals surface area contributed by atoms with E-state index in [1.54, 1.807) is 6.07 Å². The normalized spacial score (nSPS) is 11.5. The highest BCUT2D eigenvalue weighted by Gasteiger charge is 2.37. The van der Waals surface area contributed by atoms with Gasteiger partial charge in [0.15, 0.2) is 11.3 Å². The van der Waals surface area contributed by atoms with E-state index in [9.17, 15) is 17.6 Å². The number of hydrogen-bond donors (Lipinski definition) is 0. The van der Waals surface area contributed by atoms with Crippen molar-refractivity contribution in [3.8, 4) is 11.3 Å². The SMILES string of the molecule is C=C.CC(C)c1cc(-c2cn3c(Cl)c(C(F)(F)F)nc3cn2)ccc1F. The molecule has 0 bridgehead atoms. The lowest BCUT2D eigenvalue weighted by molar-refractivity contribution is -0.140. The van der Waals surface area contributed by atoms with Gasteiger partial charge in [-0.15, -0.1) is 13.2 Å². The average molecular weight is 386 g/mol. The molecule has 0 atom stereocenters. The summed E-state index contributed by atoms with van der Waals surface area (Å²) in [6.45, 7) is 9.70. The van der Waals surface area contributed by atoms with E-state index in [2.05, 4.69) is 23.1 Å². The number of nitrogens with zero attached hydrogens (tertiary/aromatic N) is 3. The highest BCUT2D eigenvalue weighted by Crippen LogP contribution is 2.35. The summed E-state index contributed by atoms with van der Waals surface area (Å²) >= 11 is 5.80. The van der Waals surface area contributed by atoms with E-state index in [-0.39, 0.29) is 17.4 Å². The zero-order chi connectivity index (χ0) is 19.6. The molecule has 0 radical (unpaired) electrons. The van der Waals surface area contributed by atoms with E-state index in [4.69, 9.17) is 11.6 Å². The third-order valence-electron chi connectivity index (χ3n) is 3.63. The predicted molar refractivity (Wildman–Crippen MR) is 93.7 cm³/mol. The molecule has 0 unspecified atom stereocenters. The Morgan fingerprint density at radius 1 is 1.19 bits per heavy atom. The molecular weight excluding hydrogens is 370 g/mol. The van der Waals surface area contributed by atoms with Gasteiger partial charge < -0.3 is 0 Å². The number of alkyl halides is 3. The molecule has 0 spiro atoms. The Hall–Kier alpha value is -2.41. The van der Waals surface area contributed by atoms with Gasteiger partial charge >= 0.3 is 6.18 Å². The van der Waals surface area contributed by atoms with Crippen LogP contribution in [0.4, 0.5) is 17.6 Å². The van der Waals surface area contributed by atoms with Crippen LogP contribution in [0, 0.1) is 5.82 Å². The van der Waals surface area contributed by atoms with Crippen molar-refractivity contribution in [3.63, 3.8) is 0 Å². The molecule has 2 heterocycles. The molecule has 3 aromatic rings. The fourth-order valence-corrected chi connectivity index (χ4v) is 2.69. The van der Waals surface area contributed by atoms with Crippen molar-refractivity contribution >= 4 is 17.2 Å². The minimum absolute atomic E-state index is 0.0118. The topological polar surface area (TPSA) is 30.2 Å². The largest absolute Gasteiger partial charge is 0.436 e. The molecule has 0 saturated carbocycles. The van der Waals surface area contributed by atoms with Crippen LogP contribution >= 0.6 is 11.6 Å². The summed E-state index contributed by atoms with van der Waals surface area (Å²) in [6.07, 6.45) is -2.09. The number of rotatable bonds is 2. The van der Waals surface area contributed by atoms with Crippen molar-refractivity contribution in [3.05, 3.63) is 66.0 Å². The summed E-state index contributed by atoms with van der Waals surface area (Å²) in [6, 6.07) is 4.46. The Bertz CT molecular complexity index is 932. The zero-order valence-corrected chi connectivity index (χ0v) is 14.9. The molecule has 0 saturated heterocycles. The molecule has 8 heteroatoms. The molecule has 0 N–H and O–H groups in total. The van der Waals surface area contributed by atoms with Crippen molar-refractivity contribution in [2.45, 2.75) is 25.9 Å². The lowest BCUT2D eigenvalue weighted by Crippen LogP contribution is -2.06. The maximum atomic E-state index is 13.8. The van der Waals surface area contributed by atoms with E-state index >= 15 is 0 Å². The molecule has 0 amide bonds. The summed E-state index contributed by atoms with van der Waals surface area (Å²) in [4.78, 5) is 7.57. The van der Waals surface area contributed by atoms with Gasteiger partial charge in [-0.1, -0.05) is 25.4 Å². The maximum Gasteiger partial charge on any atom is 0.436 e. The quantitative estimate of drug-likeness (QED) is 0.392. The number of aromatic nitrogens is 3. The Kier molecular flexibility index (Phi) is 5.71. The second-order valence-electron chi connectivity index (χ2n) is 5.64. The van der Waals surface area contributed by atoms with Gasteiger partial charge in [0.2, 0.25) is 0 Å². The van der Waals surface area contributed by atoms with E-state index in [0.29, 0.717) is 16.8 Å². The molecule has 0 aliphatic heterocycles. The van der Waals surface area contributed by atoms with Crippen LogP contribution in [0.25, 0.3) is 16.9 Å². The van der Waals surface area contributed by atoms with Gasteiger partial charge in [0.1, 0.15) is 11.0 Å². The minimum atomic E-state index is -4.65. The van der Waals surface area contributed by atoms with Crippen molar-refractivity contribution in [2.24, 2.45) is 0 Å². The van der Waals surface area contributed by atoms with Gasteiger partial charge in [0.05, 0.1) is 11.9 Å². The minimum Gasteiger partial charge on any atom is -0.287 e. The van der Waals surface area contributed by atoms with Crippen LogP contribution in [0.3, 0.4) is 0 Å². The molecule has 138 valence electrons. The van der Waals surface area contributed by atoms with Crippen LogP contribution in [0.1, 0.15) is 31.0 Å². The molecular formula is C18H16ClF4N3. The summed E-state index contributed by atoms with van der Waals surface area (Å²) in [5, 5.41) is -0.535. The number of fused-ring (bicyclic) bond motifs is 1. The molecule has 0 aliphatic carbocycles. The highest BCUT2D eigenvalue weighted by atomic mass is 35.5. The van der Waals surface area contributed by atoms with E-state index in [1.807, 2.05) is 13.8 Å². The summed E-state index contributed by atoms with van der Waals surface area (Å²) < 4.78 is 53.5. The van der Waals surface area contributed by atoms with Crippen LogP contribution in [-0.2, 0) is 6.18 Å². The summed E-state index contributed by atoms with van der Waals surface area (Å²) in [5.74, 6) is -0.378. The molecule has 26 heavy (non-hydrogen) atoms. The van der Waals surface area contributed by atoms with Gasteiger partial charge in [-0.2, -0.15) is 13.2 Å². The summed E-state index contributed by atoms with van der Waals surface area (Å²) in [5.41, 5.74) is 0.284. The Labute approximate surface area is 153 Å². The molecule has 0 aliphatic rings. The predicted octanol–water partition coefficient (Wildman–Crippen LogP) is 6.13. The molecule has 3 nitrogen and oxygen atoms in total. The standard InChI is InChI=1S/C16H12ClF4N3.C2H4/c1-8(2)10-5-9(3-4-11(10)18)12-7-24-13(6-22-12)23-14(15(24)17)16(19,20)21;1-2/h3-8H,1-2H3;1-2H2. The molecule has 0 fully saturated rings. The zero-order valence-electron chi connectivity index (χ0n) is 14.1. The van der Waals surface area contributed by atoms with Crippen molar-refractivity contribution in [1.29, 1.82) is 0 Å². The molecule has 1 aromatic carbocycles. The lowest BCUT2D eigenvalue weighted by atomic mass is 9.99. The second kappa shape index (κ2) is 7.45. The third kappa shape index (κ3) is 3.72. The van der Waals surface area contributed by atoms with Crippen molar-refractivity contribution in [2.75, 3.05) is 0 Å². The fourth-order valence-electron chi connectivity index (χ4n) is 2.40. The van der Waals surface area contributed by atoms with Gasteiger partial charge in [-0.25, -0.2) is 9.37 Å². The van der Waals surface area contributed by atoms with Crippen molar-refractivity contribution in [1.82, 2.24) is 14.4 Å². The average Bonchev–Trinajstić information content (AvgIpc) is 2.93. The van der Waals surface area contributed by atoms with E-state index in [0.717, 1.165) is 4.40 Å².